The van der Waals surface area contributed by atoms with Crippen molar-refractivity contribution in [2.75, 3.05) is 7.11 Å². The number of thioether (sulfide) groups is 1. The van der Waals surface area contributed by atoms with Crippen LogP contribution in [0.3, 0.4) is 0 Å². The summed E-state index contributed by atoms with van der Waals surface area (Å²) in [5.41, 5.74) is 1.30. The van der Waals surface area contributed by atoms with Gasteiger partial charge < -0.3 is 9.84 Å². The zero-order chi connectivity index (χ0) is 19.7. The Bertz CT molecular complexity index is 980. The van der Waals surface area contributed by atoms with E-state index < -0.39 is 5.91 Å². The normalized spacial score (nSPS) is 15.7. The van der Waals surface area contributed by atoms with Gasteiger partial charge in [-0.2, -0.15) is 0 Å². The number of phenolic OH excluding ortho intramolecular Hbond substituents is 1. The molecule has 2 amide bonds. The van der Waals surface area contributed by atoms with Crippen LogP contribution in [0.1, 0.15) is 11.1 Å². The largest absolute Gasteiger partial charge is 0.504 e. The molecule has 0 saturated carbocycles. The summed E-state index contributed by atoms with van der Waals surface area (Å²) in [5, 5.41) is 10.2. The van der Waals surface area contributed by atoms with Crippen LogP contribution in [-0.2, 0) is 11.3 Å². The molecule has 0 unspecified atom stereocenters. The minimum atomic E-state index is -0.407. The highest BCUT2D eigenvalue weighted by Crippen LogP contribution is 2.38. The van der Waals surface area contributed by atoms with Gasteiger partial charge in [0.1, 0.15) is 0 Å². The van der Waals surface area contributed by atoms with Gasteiger partial charge in [-0.3, -0.25) is 14.5 Å². The third-order valence-corrected chi connectivity index (χ3v) is 6.12. The fourth-order valence-electron chi connectivity index (χ4n) is 2.43. The third kappa shape index (κ3) is 4.27. The summed E-state index contributed by atoms with van der Waals surface area (Å²) in [6.45, 7) is 0.0962. The number of methoxy groups -OCH3 is 1. The van der Waals surface area contributed by atoms with E-state index in [1.54, 1.807) is 30.3 Å². The van der Waals surface area contributed by atoms with E-state index >= 15 is 0 Å². The van der Waals surface area contributed by atoms with E-state index in [1.807, 2.05) is 0 Å². The Labute approximate surface area is 178 Å². The molecule has 0 radical (unpaired) electrons. The second-order valence-corrected chi connectivity index (χ2v) is 8.22. The maximum absolute atomic E-state index is 12.7. The number of benzene rings is 2. The molecule has 0 spiro atoms. The van der Waals surface area contributed by atoms with Crippen LogP contribution < -0.4 is 4.74 Å². The maximum Gasteiger partial charge on any atom is 0.293 e. The van der Waals surface area contributed by atoms with E-state index in [0.29, 0.717) is 25.6 Å². The summed E-state index contributed by atoms with van der Waals surface area (Å²) in [7, 11) is 1.43. The topological polar surface area (TPSA) is 66.8 Å². The molecule has 2 aromatic carbocycles. The van der Waals surface area contributed by atoms with Gasteiger partial charge in [0.15, 0.2) is 11.5 Å². The third-order valence-electron chi connectivity index (χ3n) is 3.78. The molecule has 0 aliphatic carbocycles. The smallest absolute Gasteiger partial charge is 0.293 e. The van der Waals surface area contributed by atoms with Crippen LogP contribution in [0.4, 0.5) is 4.79 Å². The molecule has 5 nitrogen and oxygen atoms in total. The molecule has 0 aromatic heterocycles. The number of phenols is 1. The molecule has 1 aliphatic heterocycles. The highest BCUT2D eigenvalue weighted by molar-refractivity contribution is 9.10. The van der Waals surface area contributed by atoms with Crippen molar-refractivity contribution in [3.63, 3.8) is 0 Å². The minimum Gasteiger partial charge on any atom is -0.504 e. The molecule has 3 rings (SSSR count). The SMILES string of the molecule is COc1cc(C=C2SC(=O)N(Cc3ccc(Cl)c(Cl)c3)C2=O)c(Br)cc1O. The molecule has 140 valence electrons. The second-order valence-electron chi connectivity index (χ2n) is 5.56. The van der Waals surface area contributed by atoms with E-state index in [0.717, 1.165) is 16.7 Å². The Morgan fingerprint density at radius 3 is 2.63 bits per heavy atom. The number of hydrogen-bond acceptors (Lipinski definition) is 5. The predicted octanol–water partition coefficient (Wildman–Crippen LogP) is 5.71. The first kappa shape index (κ1) is 20.1. The fraction of sp³-hybridized carbons (Fsp3) is 0.111. The summed E-state index contributed by atoms with van der Waals surface area (Å²) in [6, 6.07) is 7.99. The van der Waals surface area contributed by atoms with Crippen LogP contribution in [0.2, 0.25) is 10.0 Å². The molecular formula is C18H12BrCl2NO4S. The first-order valence-electron chi connectivity index (χ1n) is 7.56. The lowest BCUT2D eigenvalue weighted by Gasteiger charge is -2.13. The van der Waals surface area contributed by atoms with E-state index in [4.69, 9.17) is 27.9 Å². The van der Waals surface area contributed by atoms with Crippen LogP contribution in [0.25, 0.3) is 6.08 Å². The molecule has 2 aromatic rings. The van der Waals surface area contributed by atoms with E-state index in [2.05, 4.69) is 15.9 Å². The molecule has 0 bridgehead atoms. The summed E-state index contributed by atoms with van der Waals surface area (Å²) >= 11 is 16.1. The second kappa shape index (κ2) is 8.14. The van der Waals surface area contributed by atoms with Gasteiger partial charge in [-0.15, -0.1) is 0 Å². The number of hydrogen-bond donors (Lipinski definition) is 1. The van der Waals surface area contributed by atoms with Crippen LogP contribution in [0.15, 0.2) is 39.7 Å². The quantitative estimate of drug-likeness (QED) is 0.558. The van der Waals surface area contributed by atoms with E-state index in [9.17, 15) is 14.7 Å². The Morgan fingerprint density at radius 1 is 1.22 bits per heavy atom. The number of aromatic hydroxyl groups is 1. The van der Waals surface area contributed by atoms with Crippen LogP contribution >= 0.6 is 50.9 Å². The van der Waals surface area contributed by atoms with Crippen molar-refractivity contribution in [1.82, 2.24) is 4.90 Å². The van der Waals surface area contributed by atoms with Gasteiger partial charge in [-0.25, -0.2) is 0 Å². The van der Waals surface area contributed by atoms with Crippen molar-refractivity contribution >= 4 is 68.1 Å². The number of carbonyl (C=O) groups excluding carboxylic acids is 2. The molecule has 1 saturated heterocycles. The van der Waals surface area contributed by atoms with Gasteiger partial charge in [-0.1, -0.05) is 45.2 Å². The Balaban J connectivity index is 1.87. The molecule has 27 heavy (non-hydrogen) atoms. The number of imide groups is 1. The van der Waals surface area contributed by atoms with Gasteiger partial charge >= 0.3 is 0 Å². The highest BCUT2D eigenvalue weighted by Gasteiger charge is 2.35. The molecular weight excluding hydrogens is 477 g/mol. The number of amides is 2. The Kier molecular flexibility index (Phi) is 6.05. The number of rotatable bonds is 4. The summed E-state index contributed by atoms with van der Waals surface area (Å²) in [6.07, 6.45) is 1.58. The zero-order valence-electron chi connectivity index (χ0n) is 13.8. The van der Waals surface area contributed by atoms with Crippen LogP contribution in [0.5, 0.6) is 11.5 Å². The highest BCUT2D eigenvalue weighted by atomic mass is 79.9. The number of carbonyl (C=O) groups is 2. The van der Waals surface area contributed by atoms with Gasteiger partial charge in [0.2, 0.25) is 0 Å². The standard InChI is InChI=1S/C18H12BrCl2NO4S/c1-26-15-5-10(11(19)7-14(15)23)6-16-17(24)22(18(25)27-16)8-9-2-3-12(20)13(21)4-9/h2-7,23H,8H2,1H3. The Hall–Kier alpha value is -1.67. The molecule has 9 heteroatoms. The van der Waals surface area contributed by atoms with Crippen molar-refractivity contribution in [1.29, 1.82) is 0 Å². The van der Waals surface area contributed by atoms with Crippen molar-refractivity contribution in [3.05, 3.63) is 60.9 Å². The molecule has 1 aliphatic rings. The lowest BCUT2D eigenvalue weighted by atomic mass is 10.1. The monoisotopic (exact) mass is 487 g/mol. The van der Waals surface area contributed by atoms with Crippen LogP contribution in [0, 0.1) is 0 Å². The van der Waals surface area contributed by atoms with Crippen molar-refractivity contribution in [3.8, 4) is 11.5 Å². The van der Waals surface area contributed by atoms with Gasteiger partial charge in [0.05, 0.1) is 28.6 Å². The van der Waals surface area contributed by atoms with Gasteiger partial charge in [-0.05, 0) is 53.2 Å². The number of nitrogens with zero attached hydrogens (tertiary/aromatic N) is 1. The first-order chi connectivity index (χ1) is 12.8. The Morgan fingerprint density at radius 2 is 1.96 bits per heavy atom. The van der Waals surface area contributed by atoms with Gasteiger partial charge in [0.25, 0.3) is 11.1 Å². The lowest BCUT2D eigenvalue weighted by Crippen LogP contribution is -2.27. The average molecular weight is 489 g/mol. The first-order valence-corrected chi connectivity index (χ1v) is 9.92. The lowest BCUT2D eigenvalue weighted by molar-refractivity contribution is -0.123. The maximum atomic E-state index is 12.7. The molecule has 1 fully saturated rings. The zero-order valence-corrected chi connectivity index (χ0v) is 17.7. The summed E-state index contributed by atoms with van der Waals surface area (Å²) < 4.78 is 5.65. The van der Waals surface area contributed by atoms with Crippen LogP contribution in [-0.4, -0.2) is 28.3 Å². The predicted molar refractivity (Wildman–Crippen MR) is 110 cm³/mol. The number of halogens is 3. The summed E-state index contributed by atoms with van der Waals surface area (Å²) in [4.78, 5) is 26.4. The van der Waals surface area contributed by atoms with Gasteiger partial charge in [0, 0.05) is 4.47 Å². The van der Waals surface area contributed by atoms with E-state index in [1.165, 1.54) is 13.2 Å². The van der Waals surface area contributed by atoms with Crippen molar-refractivity contribution in [2.24, 2.45) is 0 Å². The molecule has 0 atom stereocenters. The molecule has 1 heterocycles. The summed E-state index contributed by atoms with van der Waals surface area (Å²) in [5.74, 6) is -0.177. The molecule has 1 N–H and O–H groups in total. The van der Waals surface area contributed by atoms with E-state index in [-0.39, 0.29) is 28.2 Å². The fourth-order valence-corrected chi connectivity index (χ4v) is 4.03. The minimum absolute atomic E-state index is 0.0331. The number of ether oxygens (including phenoxy) is 1. The average Bonchev–Trinajstić information content (AvgIpc) is 2.88. The van der Waals surface area contributed by atoms with Crippen molar-refractivity contribution in [2.45, 2.75) is 6.54 Å². The van der Waals surface area contributed by atoms with Crippen molar-refractivity contribution < 1.29 is 19.4 Å².